The molecule has 1 aromatic heterocycles. The van der Waals surface area contributed by atoms with E-state index < -0.39 is 5.63 Å². The van der Waals surface area contributed by atoms with E-state index in [-0.39, 0.29) is 0 Å². The highest BCUT2D eigenvalue weighted by Crippen LogP contribution is 2.38. The van der Waals surface area contributed by atoms with Crippen LogP contribution in [0, 0.1) is 0 Å². The molecule has 1 aliphatic rings. The van der Waals surface area contributed by atoms with Gasteiger partial charge in [0.05, 0.1) is 22.2 Å². The van der Waals surface area contributed by atoms with E-state index in [0.717, 1.165) is 27.8 Å². The van der Waals surface area contributed by atoms with Crippen molar-refractivity contribution in [1.82, 2.24) is 0 Å². The minimum absolute atomic E-state index is 0.360. The van der Waals surface area contributed by atoms with Crippen molar-refractivity contribution in [3.63, 3.8) is 0 Å². The smallest absolute Gasteiger partial charge is 0.336 e. The molecule has 0 aliphatic carbocycles. The molecule has 3 aromatic carbocycles. The van der Waals surface area contributed by atoms with Gasteiger partial charge < -0.3 is 14.1 Å². The quantitative estimate of drug-likeness (QED) is 0.364. The molecule has 0 radical (unpaired) electrons. The van der Waals surface area contributed by atoms with Crippen molar-refractivity contribution in [2.24, 2.45) is 0 Å². The Bertz CT molecular complexity index is 1280. The maximum atomic E-state index is 12.3. The first kappa shape index (κ1) is 18.1. The Kier molecular flexibility index (Phi) is 4.46. The van der Waals surface area contributed by atoms with E-state index in [0.29, 0.717) is 34.7 Å². The number of hydrogen-bond donors (Lipinski definition) is 0. The van der Waals surface area contributed by atoms with E-state index in [2.05, 4.69) is 0 Å². The molecule has 1 aliphatic heterocycles. The van der Waals surface area contributed by atoms with Crippen LogP contribution in [0.3, 0.4) is 0 Å². The van der Waals surface area contributed by atoms with Crippen LogP contribution in [0.2, 0.25) is 10.0 Å². The Morgan fingerprint density at radius 1 is 0.897 bits per heavy atom. The maximum absolute atomic E-state index is 12.3. The molecule has 29 heavy (non-hydrogen) atoms. The number of rotatable bonds is 2. The third-order valence-electron chi connectivity index (χ3n) is 5.05. The molecule has 0 amide bonds. The average molecular weight is 424 g/mol. The Hall–Kier alpha value is -2.95. The molecule has 6 heteroatoms. The second-order valence-electron chi connectivity index (χ2n) is 6.83. The lowest BCUT2D eigenvalue weighted by atomic mass is 9.99. The van der Waals surface area contributed by atoms with Crippen LogP contribution in [-0.2, 0) is 6.54 Å². The minimum atomic E-state index is -0.392. The van der Waals surface area contributed by atoms with E-state index in [1.54, 1.807) is 12.1 Å². The van der Waals surface area contributed by atoms with Gasteiger partial charge in [0.2, 0.25) is 0 Å². The molecule has 5 rings (SSSR count). The van der Waals surface area contributed by atoms with Crippen LogP contribution < -0.4 is 15.3 Å². The summed E-state index contributed by atoms with van der Waals surface area (Å²) in [4.78, 5) is 14.4. The van der Waals surface area contributed by atoms with Gasteiger partial charge in [0, 0.05) is 17.1 Å². The third-order valence-corrected chi connectivity index (χ3v) is 5.79. The number of ether oxygens (including phenoxy) is 1. The van der Waals surface area contributed by atoms with E-state index in [4.69, 9.17) is 32.4 Å². The number of fused-ring (bicyclic) bond motifs is 3. The molecule has 0 fully saturated rings. The fraction of sp³-hybridized carbons (Fsp3) is 0.0870. The van der Waals surface area contributed by atoms with Crippen molar-refractivity contribution in [3.05, 3.63) is 92.8 Å². The summed E-state index contributed by atoms with van der Waals surface area (Å²) in [6, 6.07) is 20.6. The molecule has 2 heterocycles. The Morgan fingerprint density at radius 2 is 1.72 bits per heavy atom. The van der Waals surface area contributed by atoms with Crippen molar-refractivity contribution in [2.75, 3.05) is 11.6 Å². The van der Waals surface area contributed by atoms with E-state index in [9.17, 15) is 4.79 Å². The first-order chi connectivity index (χ1) is 14.1. The first-order valence-corrected chi connectivity index (χ1v) is 9.84. The minimum Gasteiger partial charge on any atom is -0.473 e. The van der Waals surface area contributed by atoms with Crippen LogP contribution in [-0.4, -0.2) is 6.73 Å². The summed E-state index contributed by atoms with van der Waals surface area (Å²) < 4.78 is 11.6. The topological polar surface area (TPSA) is 42.7 Å². The van der Waals surface area contributed by atoms with Crippen molar-refractivity contribution in [2.45, 2.75) is 6.54 Å². The fourth-order valence-electron chi connectivity index (χ4n) is 3.64. The van der Waals surface area contributed by atoms with E-state index in [1.807, 2.05) is 53.4 Å². The summed E-state index contributed by atoms with van der Waals surface area (Å²) in [5.74, 6) is 0.710. The number of nitrogens with zero attached hydrogens (tertiary/aromatic N) is 1. The van der Waals surface area contributed by atoms with Crippen molar-refractivity contribution >= 4 is 39.9 Å². The highest BCUT2D eigenvalue weighted by Gasteiger charge is 2.23. The third kappa shape index (κ3) is 3.24. The van der Waals surface area contributed by atoms with Gasteiger partial charge in [-0.15, -0.1) is 0 Å². The van der Waals surface area contributed by atoms with E-state index in [1.165, 1.54) is 6.07 Å². The second kappa shape index (κ2) is 7.14. The molecular formula is C23H15Cl2NO3. The molecule has 0 bridgehead atoms. The lowest BCUT2D eigenvalue weighted by molar-refractivity contribution is 0.289. The van der Waals surface area contributed by atoms with Gasteiger partial charge in [-0.3, -0.25) is 0 Å². The lowest BCUT2D eigenvalue weighted by Gasteiger charge is -2.31. The highest BCUT2D eigenvalue weighted by atomic mass is 35.5. The van der Waals surface area contributed by atoms with Gasteiger partial charge in [-0.25, -0.2) is 4.79 Å². The molecule has 0 saturated heterocycles. The largest absolute Gasteiger partial charge is 0.473 e. The average Bonchev–Trinajstić information content (AvgIpc) is 2.75. The summed E-state index contributed by atoms with van der Waals surface area (Å²) in [6.07, 6.45) is 0. The van der Waals surface area contributed by atoms with Gasteiger partial charge in [-0.05, 0) is 41.5 Å². The molecule has 0 saturated carbocycles. The summed E-state index contributed by atoms with van der Waals surface area (Å²) in [6.45, 7) is 0.880. The molecule has 4 nitrogen and oxygen atoms in total. The predicted octanol–water partition coefficient (Wildman–Crippen LogP) is 6.12. The highest BCUT2D eigenvalue weighted by molar-refractivity contribution is 6.42. The van der Waals surface area contributed by atoms with Gasteiger partial charge in [0.1, 0.15) is 11.3 Å². The van der Waals surface area contributed by atoms with Gasteiger partial charge >= 0.3 is 5.63 Å². The van der Waals surface area contributed by atoms with Crippen LogP contribution in [0.25, 0.3) is 22.1 Å². The molecule has 0 spiro atoms. The molecule has 0 unspecified atom stereocenters. The number of hydrogen-bond acceptors (Lipinski definition) is 4. The standard InChI is InChI=1S/C23H15Cl2NO3/c24-19-8-6-15(10-20(19)25)26-12-18-21(28-13-26)9-7-16-17(11-22(27)29-23(16)18)14-4-2-1-3-5-14/h1-11H,12-13H2. The van der Waals surface area contributed by atoms with Gasteiger partial charge in [0.25, 0.3) is 0 Å². The summed E-state index contributed by atoms with van der Waals surface area (Å²) in [7, 11) is 0. The molecule has 0 atom stereocenters. The van der Waals surface area contributed by atoms with Crippen LogP contribution in [0.1, 0.15) is 5.56 Å². The van der Waals surface area contributed by atoms with Crippen molar-refractivity contribution in [1.29, 1.82) is 0 Å². The first-order valence-electron chi connectivity index (χ1n) is 9.08. The van der Waals surface area contributed by atoms with Gasteiger partial charge in [-0.1, -0.05) is 53.5 Å². The Labute approximate surface area is 176 Å². The number of benzene rings is 3. The van der Waals surface area contributed by atoms with Gasteiger partial charge in [-0.2, -0.15) is 0 Å². The lowest BCUT2D eigenvalue weighted by Crippen LogP contribution is -2.32. The van der Waals surface area contributed by atoms with Crippen molar-refractivity contribution < 1.29 is 9.15 Å². The van der Waals surface area contributed by atoms with Crippen LogP contribution in [0.5, 0.6) is 5.75 Å². The molecule has 0 N–H and O–H groups in total. The number of anilines is 1. The van der Waals surface area contributed by atoms with Gasteiger partial charge in [0.15, 0.2) is 6.73 Å². The fourth-order valence-corrected chi connectivity index (χ4v) is 3.93. The molecular weight excluding hydrogens is 409 g/mol. The van der Waals surface area contributed by atoms with Crippen LogP contribution >= 0.6 is 23.2 Å². The van der Waals surface area contributed by atoms with E-state index >= 15 is 0 Å². The maximum Gasteiger partial charge on any atom is 0.336 e. The van der Waals surface area contributed by atoms with Crippen LogP contribution in [0.4, 0.5) is 5.69 Å². The zero-order valence-corrected chi connectivity index (χ0v) is 16.7. The SMILES string of the molecule is O=c1cc(-c2ccccc2)c2ccc3c(c2o1)CN(c1ccc(Cl)c(Cl)c1)CO3. The zero-order valence-electron chi connectivity index (χ0n) is 15.2. The monoisotopic (exact) mass is 423 g/mol. The summed E-state index contributed by atoms with van der Waals surface area (Å²) >= 11 is 12.2. The second-order valence-corrected chi connectivity index (χ2v) is 7.65. The number of halogens is 2. The summed E-state index contributed by atoms with van der Waals surface area (Å²) in [5, 5.41) is 1.85. The Morgan fingerprint density at radius 3 is 2.52 bits per heavy atom. The normalized spacial score (nSPS) is 13.2. The molecule has 144 valence electrons. The van der Waals surface area contributed by atoms with Crippen LogP contribution in [0.15, 0.2) is 75.9 Å². The zero-order chi connectivity index (χ0) is 20.0. The molecule has 4 aromatic rings. The van der Waals surface area contributed by atoms with Crippen molar-refractivity contribution in [3.8, 4) is 16.9 Å². The Balaban J connectivity index is 1.65. The predicted molar refractivity (Wildman–Crippen MR) is 116 cm³/mol. The summed E-state index contributed by atoms with van der Waals surface area (Å²) in [5.41, 5.74) is 3.66.